The fraction of sp³-hybridized carbons (Fsp3) is 0.111. The standard InChI is InChI=1S/C9H11N3O4/c1-14-6-3-2-4-7(5-6)15-9(13)16-12-8(10)11/h2-5H,1H3,(H4,10,11,12). The Hall–Kier alpha value is -2.44. The quantitative estimate of drug-likeness (QED) is 0.192. The van der Waals surface area contributed by atoms with Crippen LogP contribution in [0.1, 0.15) is 0 Å². The van der Waals surface area contributed by atoms with Gasteiger partial charge in [0.25, 0.3) is 0 Å². The van der Waals surface area contributed by atoms with E-state index in [9.17, 15) is 4.79 Å². The number of nitrogens with zero attached hydrogens (tertiary/aromatic N) is 1. The third-order valence-corrected chi connectivity index (χ3v) is 1.47. The van der Waals surface area contributed by atoms with Gasteiger partial charge in [0.15, 0.2) is 0 Å². The van der Waals surface area contributed by atoms with Gasteiger partial charge in [-0.2, -0.15) is 0 Å². The second-order valence-electron chi connectivity index (χ2n) is 2.64. The summed E-state index contributed by atoms with van der Waals surface area (Å²) in [5.41, 5.74) is 9.91. The van der Waals surface area contributed by atoms with E-state index in [1.165, 1.54) is 13.2 Å². The highest BCUT2D eigenvalue weighted by Gasteiger charge is 2.06. The third kappa shape index (κ3) is 3.74. The minimum absolute atomic E-state index is 0.259. The van der Waals surface area contributed by atoms with Gasteiger partial charge in [-0.05, 0) is 17.3 Å². The van der Waals surface area contributed by atoms with Crippen LogP contribution in [-0.2, 0) is 4.84 Å². The number of methoxy groups -OCH3 is 1. The molecule has 0 heterocycles. The number of nitrogens with two attached hydrogens (primary N) is 2. The molecule has 0 atom stereocenters. The van der Waals surface area contributed by atoms with Crippen LogP contribution in [0.5, 0.6) is 11.5 Å². The molecule has 0 saturated carbocycles. The first-order valence-corrected chi connectivity index (χ1v) is 4.23. The molecule has 0 fully saturated rings. The van der Waals surface area contributed by atoms with E-state index in [4.69, 9.17) is 20.9 Å². The second kappa shape index (κ2) is 5.44. The molecular formula is C9H11N3O4. The largest absolute Gasteiger partial charge is 0.540 e. The Bertz CT molecular complexity index is 401. The average Bonchev–Trinajstić information content (AvgIpc) is 2.26. The summed E-state index contributed by atoms with van der Waals surface area (Å²) < 4.78 is 9.68. The third-order valence-electron chi connectivity index (χ3n) is 1.47. The highest BCUT2D eigenvalue weighted by molar-refractivity contribution is 5.76. The monoisotopic (exact) mass is 225 g/mol. The van der Waals surface area contributed by atoms with Crippen molar-refractivity contribution < 1.29 is 19.1 Å². The summed E-state index contributed by atoms with van der Waals surface area (Å²) in [5, 5.41) is 3.03. The number of hydrogen-bond acceptors (Lipinski definition) is 5. The highest BCUT2D eigenvalue weighted by Crippen LogP contribution is 2.19. The number of benzene rings is 1. The second-order valence-corrected chi connectivity index (χ2v) is 2.64. The van der Waals surface area contributed by atoms with Gasteiger partial charge >= 0.3 is 6.16 Å². The van der Waals surface area contributed by atoms with Gasteiger partial charge in [-0.15, -0.1) is 0 Å². The van der Waals surface area contributed by atoms with E-state index >= 15 is 0 Å². The Morgan fingerprint density at radius 2 is 2.00 bits per heavy atom. The van der Waals surface area contributed by atoms with E-state index in [0.717, 1.165) is 0 Å². The lowest BCUT2D eigenvalue weighted by atomic mass is 10.3. The lowest BCUT2D eigenvalue weighted by molar-refractivity contribution is 0.102. The van der Waals surface area contributed by atoms with E-state index in [-0.39, 0.29) is 11.7 Å². The van der Waals surface area contributed by atoms with Gasteiger partial charge in [0, 0.05) is 6.07 Å². The van der Waals surface area contributed by atoms with Crippen LogP contribution >= 0.6 is 0 Å². The van der Waals surface area contributed by atoms with Gasteiger partial charge in [0.2, 0.25) is 5.96 Å². The molecule has 0 aliphatic heterocycles. The normalized spacial score (nSPS) is 9.06. The van der Waals surface area contributed by atoms with Gasteiger partial charge < -0.3 is 20.9 Å². The number of carbonyl (C=O) groups excluding carboxylic acids is 1. The Morgan fingerprint density at radius 1 is 1.31 bits per heavy atom. The van der Waals surface area contributed by atoms with Gasteiger partial charge in [-0.3, -0.25) is 4.84 Å². The number of carbonyl (C=O) groups is 1. The summed E-state index contributed by atoms with van der Waals surface area (Å²) in [7, 11) is 1.50. The molecule has 16 heavy (non-hydrogen) atoms. The number of ether oxygens (including phenoxy) is 2. The molecule has 0 spiro atoms. The van der Waals surface area contributed by atoms with Crippen LogP contribution in [0, 0.1) is 0 Å². The molecule has 86 valence electrons. The zero-order valence-electron chi connectivity index (χ0n) is 8.54. The summed E-state index contributed by atoms with van der Waals surface area (Å²) in [6.07, 6.45) is -1.04. The van der Waals surface area contributed by atoms with Crippen LogP contribution in [0.2, 0.25) is 0 Å². The van der Waals surface area contributed by atoms with Crippen molar-refractivity contribution >= 4 is 12.1 Å². The highest BCUT2D eigenvalue weighted by atomic mass is 16.8. The molecule has 0 aliphatic carbocycles. The van der Waals surface area contributed by atoms with Gasteiger partial charge in [0.05, 0.1) is 7.11 Å². The zero-order valence-corrected chi connectivity index (χ0v) is 8.54. The molecule has 1 aromatic rings. The molecular weight excluding hydrogens is 214 g/mol. The number of rotatable bonds is 3. The first kappa shape index (κ1) is 11.6. The zero-order chi connectivity index (χ0) is 12.0. The van der Waals surface area contributed by atoms with E-state index in [1.807, 2.05) is 0 Å². The predicted molar refractivity (Wildman–Crippen MR) is 55.9 cm³/mol. The smallest absolute Gasteiger partial charge is 0.497 e. The van der Waals surface area contributed by atoms with Gasteiger partial charge in [-0.1, -0.05) is 6.07 Å². The van der Waals surface area contributed by atoms with Gasteiger partial charge in [0.1, 0.15) is 11.5 Å². The van der Waals surface area contributed by atoms with Crippen molar-refractivity contribution in [3.8, 4) is 11.5 Å². The van der Waals surface area contributed by atoms with E-state index in [1.54, 1.807) is 18.2 Å². The fourth-order valence-electron chi connectivity index (χ4n) is 0.870. The Kier molecular flexibility index (Phi) is 3.96. The van der Waals surface area contributed by atoms with Crippen LogP contribution in [-0.4, -0.2) is 19.2 Å². The van der Waals surface area contributed by atoms with Crippen LogP contribution in [0.4, 0.5) is 4.79 Å². The number of guanidine groups is 1. The molecule has 0 aromatic heterocycles. The predicted octanol–water partition coefficient (Wildman–Crippen LogP) is 0.399. The van der Waals surface area contributed by atoms with Crippen molar-refractivity contribution in [2.24, 2.45) is 16.6 Å². The Morgan fingerprint density at radius 3 is 2.62 bits per heavy atom. The minimum atomic E-state index is -1.04. The van der Waals surface area contributed by atoms with Crippen molar-refractivity contribution in [2.75, 3.05) is 7.11 Å². The van der Waals surface area contributed by atoms with Gasteiger partial charge in [-0.25, -0.2) is 4.79 Å². The number of hydrogen-bond donors (Lipinski definition) is 2. The molecule has 7 heteroatoms. The SMILES string of the molecule is COc1cccc(OC(=O)ON=C(N)N)c1. The van der Waals surface area contributed by atoms with Crippen molar-refractivity contribution in [1.82, 2.24) is 0 Å². The molecule has 1 rings (SSSR count). The van der Waals surface area contributed by atoms with E-state index in [2.05, 4.69) is 9.99 Å². The Labute approximate surface area is 91.6 Å². The molecule has 0 amide bonds. The molecule has 0 radical (unpaired) electrons. The molecule has 4 N–H and O–H groups in total. The molecule has 7 nitrogen and oxygen atoms in total. The van der Waals surface area contributed by atoms with Crippen LogP contribution in [0.25, 0.3) is 0 Å². The lowest BCUT2D eigenvalue weighted by Crippen LogP contribution is -2.24. The topological polar surface area (TPSA) is 109 Å². The maximum absolute atomic E-state index is 11.0. The number of oxime groups is 1. The van der Waals surface area contributed by atoms with E-state index in [0.29, 0.717) is 5.75 Å². The first-order valence-electron chi connectivity index (χ1n) is 4.23. The summed E-state index contributed by atoms with van der Waals surface area (Å²) in [6.45, 7) is 0. The van der Waals surface area contributed by atoms with Crippen molar-refractivity contribution in [3.05, 3.63) is 24.3 Å². The minimum Gasteiger partial charge on any atom is -0.497 e. The summed E-state index contributed by atoms with van der Waals surface area (Å²) in [6, 6.07) is 6.42. The molecule has 0 bridgehead atoms. The van der Waals surface area contributed by atoms with Crippen molar-refractivity contribution in [1.29, 1.82) is 0 Å². The maximum atomic E-state index is 11.0. The summed E-state index contributed by atoms with van der Waals surface area (Å²) in [5.74, 6) is 0.435. The van der Waals surface area contributed by atoms with Crippen LogP contribution < -0.4 is 20.9 Å². The van der Waals surface area contributed by atoms with Crippen LogP contribution in [0.15, 0.2) is 29.4 Å². The fourth-order valence-corrected chi connectivity index (χ4v) is 0.870. The molecule has 0 aliphatic rings. The Balaban J connectivity index is 2.59. The molecule has 1 aromatic carbocycles. The molecule has 0 unspecified atom stereocenters. The van der Waals surface area contributed by atoms with Crippen molar-refractivity contribution in [2.45, 2.75) is 0 Å². The summed E-state index contributed by atoms with van der Waals surface area (Å²) >= 11 is 0. The average molecular weight is 225 g/mol. The summed E-state index contributed by atoms with van der Waals surface area (Å²) in [4.78, 5) is 15.2. The molecule has 0 saturated heterocycles. The van der Waals surface area contributed by atoms with E-state index < -0.39 is 6.16 Å². The van der Waals surface area contributed by atoms with Crippen LogP contribution in [0.3, 0.4) is 0 Å². The lowest BCUT2D eigenvalue weighted by Gasteiger charge is -2.03. The first-order chi connectivity index (χ1) is 7.61. The van der Waals surface area contributed by atoms with Crippen molar-refractivity contribution in [3.63, 3.8) is 0 Å². The maximum Gasteiger partial charge on any atom is 0.540 e.